The largest absolute Gasteiger partial charge is 0.495 e. The Bertz CT molecular complexity index is 2830. The maximum absolute atomic E-state index is 14.9. The zero-order valence-corrected chi connectivity index (χ0v) is 37.8. The molecule has 0 radical (unpaired) electrons. The van der Waals surface area contributed by atoms with Crippen LogP contribution in [0.3, 0.4) is 0 Å². The molecule has 5 heterocycles. The summed E-state index contributed by atoms with van der Waals surface area (Å²) in [4.78, 5) is 84.7. The van der Waals surface area contributed by atoms with Gasteiger partial charge in [0.25, 0.3) is 11.8 Å². The van der Waals surface area contributed by atoms with Crippen LogP contribution in [0.25, 0.3) is 17.2 Å². The predicted molar refractivity (Wildman–Crippen MR) is 249 cm³/mol. The van der Waals surface area contributed by atoms with Gasteiger partial charge in [0.05, 0.1) is 23.9 Å². The number of imide groups is 1. The van der Waals surface area contributed by atoms with Crippen molar-refractivity contribution >= 4 is 76.1 Å². The first-order valence-corrected chi connectivity index (χ1v) is 23.6. The van der Waals surface area contributed by atoms with Crippen LogP contribution in [0.15, 0.2) is 72.8 Å². The number of hydrogen-bond donors (Lipinski definition) is 4. The number of carbonyl (C=O) groups excluding carboxylic acids is 6. The highest BCUT2D eigenvalue weighted by atomic mass is 35.5. The number of carbonyl (C=O) groups is 6. The first kappa shape index (κ1) is 42.6. The summed E-state index contributed by atoms with van der Waals surface area (Å²) in [5, 5.41) is 13.4. The number of amides is 6. The molecule has 2 bridgehead atoms. The van der Waals surface area contributed by atoms with E-state index >= 15 is 0 Å². The van der Waals surface area contributed by atoms with Gasteiger partial charge in [-0.15, -0.1) is 0 Å². The van der Waals surface area contributed by atoms with Gasteiger partial charge in [-0.2, -0.15) is 0 Å². The SMILES string of the molecule is COc1cc(C(=O)N2CCC(/C=C\c3cccc4c3CN(C3CCC(=O)NC3=O)C4=O)CC2)ccc1NC(=O)[C@@H]1NC2(CCCCC2)[C@]23C(=O)Nc4cc(Cl)c(cc42)-c2c(Cl)cccc2[C@@H]13. The second-order valence-electron chi connectivity index (χ2n) is 18.8. The fraction of sp³-hybridized carbons (Fsp3) is 0.373. The van der Waals surface area contributed by atoms with Crippen LogP contribution in [0, 0.1) is 5.92 Å². The molecule has 6 amide bonds. The highest BCUT2D eigenvalue weighted by Crippen LogP contribution is 2.66. The predicted octanol–water partition coefficient (Wildman–Crippen LogP) is 7.60. The fourth-order valence-electron chi connectivity index (χ4n) is 12.4. The van der Waals surface area contributed by atoms with E-state index in [2.05, 4.69) is 27.3 Å². The lowest BCUT2D eigenvalue weighted by Gasteiger charge is -2.46. The first-order chi connectivity index (χ1) is 31.9. The molecular weight excluding hydrogens is 880 g/mol. The van der Waals surface area contributed by atoms with E-state index in [0.29, 0.717) is 77.2 Å². The number of methoxy groups -OCH3 is 1. The molecule has 2 aliphatic carbocycles. The molecule has 4 aromatic rings. The zero-order valence-electron chi connectivity index (χ0n) is 36.3. The molecule has 0 aromatic heterocycles. The van der Waals surface area contributed by atoms with Crippen LogP contribution >= 0.6 is 23.2 Å². The normalized spacial score (nSPS) is 25.0. The standard InChI is InChI=1S/C51H48Cl2N6O7/c1-66-40-23-29(47(63)58-21-17-27(18-22-58)11-12-28-7-5-8-30-33(28)26-59(48(30)64)39-15-16-41(60)56-45(39)61)13-14-37(40)54-46(62)44-43-31-9-6-10-35(52)42(31)32-24-34-38(25-36(32)53)55-49(65)51(34,43)50(57-44)19-3-2-4-20-50/h5-14,23-25,27,39,43-44,57H,2-4,15-22,26H2,1H3,(H,54,62)(H,55,65)(H,56,60,61)/b12-11-/t39?,43-,44+,51+/m0/s1. The summed E-state index contributed by atoms with van der Waals surface area (Å²) in [5.41, 5.74) is 5.11. The number of hydrogen-bond acceptors (Lipinski definition) is 8. The Balaban J connectivity index is 0.800. The van der Waals surface area contributed by atoms with Gasteiger partial charge in [-0.3, -0.25) is 39.4 Å². The Hall–Kier alpha value is -6.02. The number of ether oxygens (including phenoxy) is 1. The Morgan fingerprint density at radius 1 is 0.879 bits per heavy atom. The van der Waals surface area contributed by atoms with E-state index in [0.717, 1.165) is 65.5 Å². The Labute approximate surface area is 391 Å². The Morgan fingerprint density at radius 3 is 2.44 bits per heavy atom. The minimum absolute atomic E-state index is 0.143. The van der Waals surface area contributed by atoms with Gasteiger partial charge < -0.3 is 25.2 Å². The third-order valence-corrected chi connectivity index (χ3v) is 16.1. The van der Waals surface area contributed by atoms with Crippen LogP contribution < -0.4 is 26.0 Å². The number of piperidine rings is 2. The summed E-state index contributed by atoms with van der Waals surface area (Å²) >= 11 is 13.9. The van der Waals surface area contributed by atoms with Crippen molar-refractivity contribution in [2.24, 2.45) is 5.92 Å². The lowest BCUT2D eigenvalue weighted by molar-refractivity contribution is -0.137. The summed E-state index contributed by atoms with van der Waals surface area (Å²) < 4.78 is 5.82. The third-order valence-electron chi connectivity index (χ3n) is 15.5. The average molecular weight is 928 g/mol. The number of halogens is 2. The fourth-order valence-corrected chi connectivity index (χ4v) is 12.9. The summed E-state index contributed by atoms with van der Waals surface area (Å²) in [6, 6.07) is 18.6. The third kappa shape index (κ3) is 6.44. The number of benzene rings is 4. The molecule has 338 valence electrons. The Kier molecular flexibility index (Phi) is 10.4. The van der Waals surface area contributed by atoms with E-state index in [1.807, 2.05) is 53.4 Å². The monoisotopic (exact) mass is 926 g/mol. The van der Waals surface area contributed by atoms with Crippen LogP contribution in [-0.4, -0.2) is 83.1 Å². The van der Waals surface area contributed by atoms with E-state index < -0.39 is 34.9 Å². The molecule has 1 unspecified atom stereocenters. The van der Waals surface area contributed by atoms with Crippen LogP contribution in [0.2, 0.25) is 10.0 Å². The van der Waals surface area contributed by atoms with Crippen molar-refractivity contribution in [3.05, 3.63) is 116 Å². The van der Waals surface area contributed by atoms with Gasteiger partial charge in [0.2, 0.25) is 23.6 Å². The molecule has 7 aliphatic rings. The van der Waals surface area contributed by atoms with Crippen molar-refractivity contribution in [3.63, 3.8) is 0 Å². The smallest absolute Gasteiger partial charge is 0.255 e. The van der Waals surface area contributed by atoms with E-state index in [1.165, 1.54) is 7.11 Å². The maximum atomic E-state index is 14.9. The number of fused-ring (bicyclic) bond motifs is 5. The van der Waals surface area contributed by atoms with Gasteiger partial charge in [0.15, 0.2) is 0 Å². The van der Waals surface area contributed by atoms with Gasteiger partial charge in [0.1, 0.15) is 17.2 Å². The molecule has 4 aromatic carbocycles. The lowest BCUT2D eigenvalue weighted by atomic mass is 9.56. The van der Waals surface area contributed by atoms with Crippen LogP contribution in [-0.2, 0) is 31.1 Å². The summed E-state index contributed by atoms with van der Waals surface area (Å²) in [6.45, 7) is 1.37. The lowest BCUT2D eigenvalue weighted by Crippen LogP contribution is -2.60. The van der Waals surface area contributed by atoms with Gasteiger partial charge >= 0.3 is 0 Å². The zero-order chi connectivity index (χ0) is 45.6. The number of nitrogens with zero attached hydrogens (tertiary/aromatic N) is 2. The van der Waals surface area contributed by atoms with E-state index in [-0.39, 0.29) is 41.9 Å². The van der Waals surface area contributed by atoms with Crippen molar-refractivity contribution in [2.75, 3.05) is 30.8 Å². The average Bonchev–Trinajstić information content (AvgIpc) is 3.88. The number of rotatable bonds is 7. The number of nitrogens with one attached hydrogen (secondary N) is 4. The highest BCUT2D eigenvalue weighted by molar-refractivity contribution is 6.37. The first-order valence-electron chi connectivity index (χ1n) is 22.9. The maximum Gasteiger partial charge on any atom is 0.255 e. The number of likely N-dealkylation sites (tertiary alicyclic amines) is 1. The van der Waals surface area contributed by atoms with Gasteiger partial charge in [0, 0.05) is 70.5 Å². The van der Waals surface area contributed by atoms with Crippen molar-refractivity contribution in [1.29, 1.82) is 0 Å². The van der Waals surface area contributed by atoms with E-state index in [9.17, 15) is 28.8 Å². The highest BCUT2D eigenvalue weighted by Gasteiger charge is 2.73. The minimum atomic E-state index is -1.10. The molecule has 66 heavy (non-hydrogen) atoms. The van der Waals surface area contributed by atoms with Crippen LogP contribution in [0.4, 0.5) is 11.4 Å². The topological polar surface area (TPSA) is 166 Å². The number of anilines is 2. The Morgan fingerprint density at radius 2 is 1.67 bits per heavy atom. The molecule has 1 saturated carbocycles. The van der Waals surface area contributed by atoms with E-state index in [1.54, 1.807) is 29.2 Å². The molecule has 4 N–H and O–H groups in total. The van der Waals surface area contributed by atoms with Crippen molar-refractivity contribution < 1.29 is 33.5 Å². The second kappa shape index (κ2) is 16.1. The summed E-state index contributed by atoms with van der Waals surface area (Å²) in [5.74, 6) is -1.67. The van der Waals surface area contributed by atoms with Gasteiger partial charge in [-0.05, 0) is 103 Å². The van der Waals surface area contributed by atoms with Crippen LogP contribution in [0.1, 0.15) is 107 Å². The van der Waals surface area contributed by atoms with Gasteiger partial charge in [-0.1, -0.05) is 78.9 Å². The molecule has 2 spiro atoms. The quantitative estimate of drug-likeness (QED) is 0.138. The van der Waals surface area contributed by atoms with Crippen LogP contribution in [0.5, 0.6) is 5.75 Å². The molecule has 11 rings (SSSR count). The van der Waals surface area contributed by atoms with Crippen molar-refractivity contribution in [2.45, 2.75) is 93.3 Å². The van der Waals surface area contributed by atoms with E-state index in [4.69, 9.17) is 27.9 Å². The second-order valence-corrected chi connectivity index (χ2v) is 19.6. The van der Waals surface area contributed by atoms with Crippen molar-refractivity contribution in [1.82, 2.24) is 20.4 Å². The molecule has 4 fully saturated rings. The minimum Gasteiger partial charge on any atom is -0.495 e. The summed E-state index contributed by atoms with van der Waals surface area (Å²) in [7, 11) is 1.51. The molecule has 13 nitrogen and oxygen atoms in total. The van der Waals surface area contributed by atoms with Gasteiger partial charge in [-0.25, -0.2) is 0 Å². The molecular formula is C51H48Cl2N6O7. The summed E-state index contributed by atoms with van der Waals surface area (Å²) in [6.07, 6.45) is 10.4. The molecule has 15 heteroatoms. The molecule has 5 aliphatic heterocycles. The number of allylic oxidation sites excluding steroid dienone is 1. The van der Waals surface area contributed by atoms with Crippen molar-refractivity contribution in [3.8, 4) is 16.9 Å². The molecule has 3 saturated heterocycles. The molecule has 4 atom stereocenters.